The number of carbonyl (C=O) groups excluding carboxylic acids is 1. The first-order valence-corrected chi connectivity index (χ1v) is 9.38. The Morgan fingerprint density at radius 1 is 1.25 bits per heavy atom. The number of amides is 1. The fourth-order valence-corrected chi connectivity index (χ4v) is 3.84. The lowest BCUT2D eigenvalue weighted by atomic mass is 10.3. The summed E-state index contributed by atoms with van der Waals surface area (Å²) in [5, 5.41) is 11.4. The molecule has 24 heavy (non-hydrogen) atoms. The molecule has 2 N–H and O–H groups in total. The molecule has 0 atom stereocenters. The van der Waals surface area contributed by atoms with Crippen LogP contribution in [0.5, 0.6) is 0 Å². The highest BCUT2D eigenvalue weighted by Gasteiger charge is 2.15. The average Bonchev–Trinajstić information content (AvgIpc) is 3.23. The van der Waals surface area contributed by atoms with E-state index < -0.39 is 0 Å². The van der Waals surface area contributed by atoms with Crippen LogP contribution in [-0.2, 0) is 17.8 Å². The number of nitrogens with zero attached hydrogens (tertiary/aromatic N) is 4. The van der Waals surface area contributed by atoms with Gasteiger partial charge in [-0.3, -0.25) is 9.78 Å². The molecule has 0 fully saturated rings. The van der Waals surface area contributed by atoms with Gasteiger partial charge in [-0.05, 0) is 30.0 Å². The summed E-state index contributed by atoms with van der Waals surface area (Å²) in [5.74, 6) is 1.30. The van der Waals surface area contributed by atoms with Gasteiger partial charge in [0.15, 0.2) is 11.0 Å². The summed E-state index contributed by atoms with van der Waals surface area (Å²) >= 11 is 3.21. The second-order valence-corrected chi connectivity index (χ2v) is 7.08. The van der Waals surface area contributed by atoms with E-state index in [1.165, 1.54) is 0 Å². The monoisotopic (exact) mass is 359 g/mol. The Balaban J connectivity index is 1.73. The summed E-state index contributed by atoms with van der Waals surface area (Å²) in [7, 11) is 0. The molecule has 6 nitrogen and oxygen atoms in total. The number of hydrogen-bond acceptors (Lipinski definition) is 6. The van der Waals surface area contributed by atoms with Crippen molar-refractivity contribution in [3.05, 3.63) is 47.6 Å². The Morgan fingerprint density at radius 3 is 2.88 bits per heavy atom. The van der Waals surface area contributed by atoms with Crippen LogP contribution >= 0.6 is 23.1 Å². The van der Waals surface area contributed by atoms with Crippen LogP contribution < -0.4 is 5.73 Å². The van der Waals surface area contributed by atoms with Crippen LogP contribution in [0.15, 0.2) is 47.1 Å². The molecule has 0 saturated heterocycles. The number of aryl methyl sites for hydroxylation is 1. The summed E-state index contributed by atoms with van der Waals surface area (Å²) in [4.78, 5) is 16.5. The van der Waals surface area contributed by atoms with Gasteiger partial charge in [-0.1, -0.05) is 23.9 Å². The van der Waals surface area contributed by atoms with Gasteiger partial charge in [-0.2, -0.15) is 0 Å². The van der Waals surface area contributed by atoms with Gasteiger partial charge in [0, 0.05) is 30.6 Å². The molecule has 3 rings (SSSR count). The molecule has 0 aliphatic carbocycles. The van der Waals surface area contributed by atoms with Gasteiger partial charge in [0.25, 0.3) is 0 Å². The van der Waals surface area contributed by atoms with Crippen LogP contribution in [0, 0.1) is 0 Å². The molecular weight excluding hydrogens is 342 g/mol. The molecule has 0 saturated carbocycles. The maximum atomic E-state index is 11.2. The first-order chi connectivity index (χ1) is 11.7. The molecule has 0 aliphatic rings. The van der Waals surface area contributed by atoms with E-state index in [-0.39, 0.29) is 12.3 Å². The van der Waals surface area contributed by atoms with E-state index in [2.05, 4.69) is 15.2 Å². The zero-order chi connectivity index (χ0) is 16.8. The predicted octanol–water partition coefficient (Wildman–Crippen LogP) is 2.61. The fraction of sp³-hybridized carbons (Fsp3) is 0.250. The van der Waals surface area contributed by atoms with Gasteiger partial charge >= 0.3 is 0 Å². The van der Waals surface area contributed by atoms with E-state index in [0.29, 0.717) is 6.54 Å². The van der Waals surface area contributed by atoms with Gasteiger partial charge in [-0.25, -0.2) is 0 Å². The van der Waals surface area contributed by atoms with Crippen LogP contribution in [0.25, 0.3) is 10.7 Å². The first-order valence-electron chi connectivity index (χ1n) is 7.52. The predicted molar refractivity (Wildman–Crippen MR) is 95.8 cm³/mol. The van der Waals surface area contributed by atoms with Gasteiger partial charge in [0.2, 0.25) is 5.91 Å². The van der Waals surface area contributed by atoms with E-state index >= 15 is 0 Å². The van der Waals surface area contributed by atoms with Crippen LogP contribution in [-0.4, -0.2) is 31.4 Å². The molecule has 3 aromatic rings. The Kier molecular flexibility index (Phi) is 5.60. The highest BCUT2D eigenvalue weighted by Crippen LogP contribution is 2.27. The number of carbonyl (C=O) groups is 1. The number of rotatable bonds is 8. The van der Waals surface area contributed by atoms with E-state index in [4.69, 9.17) is 5.73 Å². The summed E-state index contributed by atoms with van der Waals surface area (Å²) in [5.41, 5.74) is 6.35. The standard InChI is InChI=1S/C16H17N5OS2/c17-14(22)6-9-21-15(13-5-3-10-23-13)19-20-16(21)24-11-7-12-4-1-2-8-18-12/h1-5,8,10H,6-7,9,11H2,(H2,17,22). The molecule has 0 radical (unpaired) electrons. The second kappa shape index (κ2) is 8.07. The third-order valence-corrected chi connectivity index (χ3v) is 5.19. The molecule has 0 unspecified atom stereocenters. The summed E-state index contributed by atoms with van der Waals surface area (Å²) in [6, 6.07) is 9.87. The zero-order valence-electron chi connectivity index (χ0n) is 13.0. The van der Waals surface area contributed by atoms with Crippen molar-refractivity contribution in [3.63, 3.8) is 0 Å². The quantitative estimate of drug-likeness (QED) is 0.625. The SMILES string of the molecule is NC(=O)CCn1c(SCCc2ccccn2)nnc1-c1cccs1. The molecule has 0 aliphatic heterocycles. The third-order valence-electron chi connectivity index (χ3n) is 3.36. The topological polar surface area (TPSA) is 86.7 Å². The third kappa shape index (κ3) is 4.21. The summed E-state index contributed by atoms with van der Waals surface area (Å²) in [6.07, 6.45) is 2.91. The molecule has 8 heteroatoms. The maximum absolute atomic E-state index is 11.2. The summed E-state index contributed by atoms with van der Waals surface area (Å²) in [6.45, 7) is 0.488. The van der Waals surface area contributed by atoms with Crippen LogP contribution in [0.3, 0.4) is 0 Å². The smallest absolute Gasteiger partial charge is 0.219 e. The van der Waals surface area contributed by atoms with Gasteiger partial charge < -0.3 is 10.3 Å². The van der Waals surface area contributed by atoms with E-state index in [1.54, 1.807) is 29.3 Å². The molecule has 3 heterocycles. The minimum Gasteiger partial charge on any atom is -0.370 e. The number of aromatic nitrogens is 4. The van der Waals surface area contributed by atoms with E-state index in [0.717, 1.165) is 33.7 Å². The number of thioether (sulfide) groups is 1. The Labute approximate surface area is 148 Å². The molecule has 1 amide bonds. The van der Waals surface area contributed by atoms with Crippen LogP contribution in [0.1, 0.15) is 12.1 Å². The molecular formula is C16H17N5OS2. The van der Waals surface area contributed by atoms with Crippen molar-refractivity contribution in [1.82, 2.24) is 19.7 Å². The van der Waals surface area contributed by atoms with Crippen molar-refractivity contribution in [2.24, 2.45) is 5.73 Å². The second-order valence-electron chi connectivity index (χ2n) is 5.07. The normalized spacial score (nSPS) is 10.8. The molecule has 124 valence electrons. The van der Waals surface area contributed by atoms with Crippen molar-refractivity contribution < 1.29 is 4.79 Å². The Hall–Kier alpha value is -2.19. The molecule has 3 aromatic heterocycles. The number of pyridine rings is 1. The number of nitrogens with two attached hydrogens (primary N) is 1. The average molecular weight is 359 g/mol. The number of primary amides is 1. The zero-order valence-corrected chi connectivity index (χ0v) is 14.6. The van der Waals surface area contributed by atoms with Gasteiger partial charge in [-0.15, -0.1) is 21.5 Å². The lowest BCUT2D eigenvalue weighted by molar-refractivity contribution is -0.118. The first kappa shape index (κ1) is 16.7. The highest BCUT2D eigenvalue weighted by molar-refractivity contribution is 7.99. The van der Waals surface area contributed by atoms with Crippen molar-refractivity contribution in [2.45, 2.75) is 24.5 Å². The summed E-state index contributed by atoms with van der Waals surface area (Å²) < 4.78 is 1.97. The van der Waals surface area contributed by atoms with Crippen molar-refractivity contribution in [1.29, 1.82) is 0 Å². The maximum Gasteiger partial charge on any atom is 0.219 e. The largest absolute Gasteiger partial charge is 0.370 e. The van der Waals surface area contributed by atoms with E-state index in [9.17, 15) is 4.79 Å². The fourth-order valence-electron chi connectivity index (χ4n) is 2.20. The van der Waals surface area contributed by atoms with Crippen molar-refractivity contribution >= 4 is 29.0 Å². The molecule has 0 spiro atoms. The van der Waals surface area contributed by atoms with E-state index in [1.807, 2.05) is 40.3 Å². The molecule has 0 bridgehead atoms. The van der Waals surface area contributed by atoms with Gasteiger partial charge in [0.1, 0.15) is 0 Å². The highest BCUT2D eigenvalue weighted by atomic mass is 32.2. The Morgan fingerprint density at radius 2 is 2.17 bits per heavy atom. The number of hydrogen-bond donors (Lipinski definition) is 1. The van der Waals surface area contributed by atoms with Gasteiger partial charge in [0.05, 0.1) is 4.88 Å². The Bertz CT molecular complexity index is 786. The van der Waals surface area contributed by atoms with Crippen LogP contribution in [0.4, 0.5) is 0 Å². The minimum absolute atomic E-state index is 0.268. The van der Waals surface area contributed by atoms with Crippen molar-refractivity contribution in [3.8, 4) is 10.7 Å². The lowest BCUT2D eigenvalue weighted by Gasteiger charge is -2.08. The lowest BCUT2D eigenvalue weighted by Crippen LogP contribution is -2.15. The molecule has 0 aromatic carbocycles. The number of thiophene rings is 1. The van der Waals surface area contributed by atoms with Crippen LogP contribution in [0.2, 0.25) is 0 Å². The minimum atomic E-state index is -0.328. The van der Waals surface area contributed by atoms with Crippen molar-refractivity contribution in [2.75, 3.05) is 5.75 Å².